The number of hydrogen-bond donors (Lipinski definition) is 5. The number of nitrogens with two attached hydrogens (primary N) is 1. The highest BCUT2D eigenvalue weighted by atomic mass is 35.5. The van der Waals surface area contributed by atoms with Gasteiger partial charge in [-0.25, -0.2) is 5.84 Å². The quantitative estimate of drug-likeness (QED) is 0.149. The Bertz CT molecular complexity index is 128. The van der Waals surface area contributed by atoms with Crippen molar-refractivity contribution in [2.45, 2.75) is 0 Å². The van der Waals surface area contributed by atoms with Gasteiger partial charge >= 0.3 is 5.97 Å². The molecule has 0 saturated heterocycles. The number of halogens is 1. The predicted octanol–water partition coefficient (Wildman–Crippen LogP) is -1.52. The maximum Gasteiger partial charge on any atom is 0.322 e. The van der Waals surface area contributed by atoms with Gasteiger partial charge in [-0.05, 0) is 0 Å². The van der Waals surface area contributed by atoms with E-state index in [2.05, 4.69) is 5.32 Å². The van der Waals surface area contributed by atoms with E-state index in [4.69, 9.17) is 16.4 Å². The molecule has 0 fully saturated rings. The fraction of sp³-hybridized carbons (Fsp3) is 0.333. The Balaban J connectivity index is 0. The molecule has 0 aromatic heterocycles. The van der Waals surface area contributed by atoms with Gasteiger partial charge in [0.15, 0.2) is 0 Å². The average molecular weight is 169 g/mol. The topological polar surface area (TPSA) is 111 Å². The molecule has 0 aliphatic rings. The normalized spacial score (nSPS) is 7.30. The fourth-order valence-corrected chi connectivity index (χ4v) is 0.215. The third kappa shape index (κ3) is 6.99. The van der Waals surface area contributed by atoms with Gasteiger partial charge in [-0.3, -0.25) is 15.6 Å². The van der Waals surface area contributed by atoms with Gasteiger partial charge in [0.25, 0.3) is 0 Å². The number of aliphatic carboxylic acids is 1. The largest absolute Gasteiger partial charge is 0.480 e. The van der Waals surface area contributed by atoms with Crippen LogP contribution in [0.2, 0.25) is 0 Å². The zero-order valence-corrected chi connectivity index (χ0v) is 5.86. The lowest BCUT2D eigenvalue weighted by Gasteiger charge is -2.01. The van der Waals surface area contributed by atoms with E-state index >= 15 is 0 Å². The summed E-state index contributed by atoms with van der Waals surface area (Å²) in [7, 11) is 0. The van der Waals surface area contributed by atoms with E-state index in [9.17, 15) is 4.79 Å². The number of carboxylic acids is 1. The van der Waals surface area contributed by atoms with Crippen LogP contribution >= 0.6 is 12.4 Å². The van der Waals surface area contributed by atoms with Crippen molar-refractivity contribution in [2.24, 2.45) is 5.84 Å². The molecule has 6 N–H and O–H groups in total. The molecule has 10 heavy (non-hydrogen) atoms. The van der Waals surface area contributed by atoms with Gasteiger partial charge in [-0.1, -0.05) is 0 Å². The minimum absolute atomic E-state index is 0. The second-order valence-corrected chi connectivity index (χ2v) is 1.27. The van der Waals surface area contributed by atoms with Gasteiger partial charge in [0, 0.05) is 0 Å². The summed E-state index contributed by atoms with van der Waals surface area (Å²) in [5.41, 5.74) is 1.93. The first-order valence-corrected chi connectivity index (χ1v) is 2.17. The van der Waals surface area contributed by atoms with Gasteiger partial charge in [-0.15, -0.1) is 12.4 Å². The third-order valence-electron chi connectivity index (χ3n) is 0.561. The smallest absolute Gasteiger partial charge is 0.322 e. The minimum atomic E-state index is -1.03. The summed E-state index contributed by atoms with van der Waals surface area (Å²) in [5.74, 6) is 3.49. The van der Waals surface area contributed by atoms with Crippen molar-refractivity contribution in [3.63, 3.8) is 0 Å². The Morgan fingerprint density at radius 3 is 2.50 bits per heavy atom. The first-order chi connectivity index (χ1) is 4.16. The first-order valence-electron chi connectivity index (χ1n) is 2.17. The monoisotopic (exact) mass is 168 g/mol. The van der Waals surface area contributed by atoms with Crippen molar-refractivity contribution in [1.29, 1.82) is 5.41 Å². The molecule has 0 bridgehead atoms. The highest BCUT2D eigenvalue weighted by molar-refractivity contribution is 5.85. The van der Waals surface area contributed by atoms with Crippen molar-refractivity contribution < 1.29 is 9.90 Å². The first kappa shape index (κ1) is 11.7. The van der Waals surface area contributed by atoms with E-state index in [1.807, 2.05) is 5.43 Å². The van der Waals surface area contributed by atoms with Crippen LogP contribution in [0.1, 0.15) is 0 Å². The van der Waals surface area contributed by atoms with Crippen LogP contribution in [0.3, 0.4) is 0 Å². The van der Waals surface area contributed by atoms with Crippen LogP contribution in [-0.2, 0) is 4.79 Å². The van der Waals surface area contributed by atoms with Crippen molar-refractivity contribution in [3.05, 3.63) is 0 Å². The summed E-state index contributed by atoms with van der Waals surface area (Å²) in [6, 6.07) is 0. The Kier molecular flexibility index (Phi) is 7.18. The van der Waals surface area contributed by atoms with Crippen LogP contribution in [0.5, 0.6) is 0 Å². The van der Waals surface area contributed by atoms with Crippen LogP contribution in [0, 0.1) is 5.41 Å². The SMILES string of the molecule is Cl.N=C(NN)NCC(=O)O. The van der Waals surface area contributed by atoms with E-state index < -0.39 is 5.97 Å². The molecule has 0 heterocycles. The summed E-state index contributed by atoms with van der Waals surface area (Å²) >= 11 is 0. The number of hydrogen-bond acceptors (Lipinski definition) is 3. The van der Waals surface area contributed by atoms with Crippen LogP contribution in [0.25, 0.3) is 0 Å². The molecule has 0 aromatic carbocycles. The minimum Gasteiger partial charge on any atom is -0.480 e. The van der Waals surface area contributed by atoms with Crippen molar-refractivity contribution in [2.75, 3.05) is 6.54 Å². The number of rotatable bonds is 2. The van der Waals surface area contributed by atoms with Crippen LogP contribution in [0.15, 0.2) is 0 Å². The Morgan fingerprint density at radius 1 is 1.70 bits per heavy atom. The summed E-state index contributed by atoms with van der Waals surface area (Å²) in [5, 5.41) is 16.9. The second kappa shape index (κ2) is 6.12. The summed E-state index contributed by atoms with van der Waals surface area (Å²) in [6.45, 7) is -0.303. The lowest BCUT2D eigenvalue weighted by molar-refractivity contribution is -0.135. The molecule has 0 radical (unpaired) electrons. The summed E-state index contributed by atoms with van der Waals surface area (Å²) < 4.78 is 0. The molecule has 0 rings (SSSR count). The fourth-order valence-electron chi connectivity index (χ4n) is 0.215. The van der Waals surface area contributed by atoms with Crippen molar-refractivity contribution >= 4 is 24.3 Å². The highest BCUT2D eigenvalue weighted by Crippen LogP contribution is 1.57. The van der Waals surface area contributed by atoms with Gasteiger partial charge in [0.05, 0.1) is 0 Å². The number of carbonyl (C=O) groups is 1. The molecule has 0 amide bonds. The predicted molar refractivity (Wildman–Crippen MR) is 37.9 cm³/mol. The zero-order chi connectivity index (χ0) is 7.28. The molecule has 0 aliphatic heterocycles. The molecule has 0 saturated carbocycles. The number of guanidine groups is 1. The van der Waals surface area contributed by atoms with Crippen molar-refractivity contribution in [3.8, 4) is 0 Å². The highest BCUT2D eigenvalue weighted by Gasteiger charge is 1.95. The third-order valence-corrected chi connectivity index (χ3v) is 0.561. The van der Waals surface area contributed by atoms with Crippen LogP contribution in [0.4, 0.5) is 0 Å². The lowest BCUT2D eigenvalue weighted by atomic mass is 10.6. The number of carboxylic acid groups (broad SMARTS) is 1. The van der Waals surface area contributed by atoms with Gasteiger partial charge in [0.1, 0.15) is 6.54 Å². The Hall–Kier alpha value is -1.01. The molecule has 7 heteroatoms. The Labute approximate surface area is 63.7 Å². The Morgan fingerprint density at radius 2 is 2.20 bits per heavy atom. The molecule has 0 unspecified atom stereocenters. The van der Waals surface area contributed by atoms with E-state index in [0.29, 0.717) is 0 Å². The molecule has 0 atom stereocenters. The molecule has 0 aliphatic carbocycles. The van der Waals surface area contributed by atoms with Crippen molar-refractivity contribution in [1.82, 2.24) is 10.7 Å². The maximum absolute atomic E-state index is 9.79. The zero-order valence-electron chi connectivity index (χ0n) is 5.05. The van der Waals surface area contributed by atoms with E-state index in [-0.39, 0.29) is 24.9 Å². The van der Waals surface area contributed by atoms with E-state index in [1.165, 1.54) is 0 Å². The summed E-state index contributed by atoms with van der Waals surface area (Å²) in [4.78, 5) is 9.79. The average Bonchev–Trinajstić information content (AvgIpc) is 1.83. The molecular formula is C3H9ClN4O2. The summed E-state index contributed by atoms with van der Waals surface area (Å²) in [6.07, 6.45) is 0. The van der Waals surface area contributed by atoms with Gasteiger partial charge in [-0.2, -0.15) is 0 Å². The second-order valence-electron chi connectivity index (χ2n) is 1.27. The molecule has 6 nitrogen and oxygen atoms in total. The molecule has 60 valence electrons. The van der Waals surface area contributed by atoms with Crippen LogP contribution in [-0.4, -0.2) is 23.6 Å². The lowest BCUT2D eigenvalue weighted by Crippen LogP contribution is -2.42. The number of hydrazine groups is 1. The van der Waals surface area contributed by atoms with E-state index in [1.54, 1.807) is 0 Å². The van der Waals surface area contributed by atoms with Gasteiger partial charge in [0.2, 0.25) is 5.96 Å². The van der Waals surface area contributed by atoms with Crippen LogP contribution < -0.4 is 16.6 Å². The van der Waals surface area contributed by atoms with E-state index in [0.717, 1.165) is 0 Å². The standard InChI is InChI=1S/C3H8N4O2.ClH/c4-3(7-5)6-1-2(8)9;/h1,5H2,(H,8,9)(H3,4,6,7);1H. The number of nitrogens with one attached hydrogen (secondary N) is 3. The maximum atomic E-state index is 9.79. The van der Waals surface area contributed by atoms with Gasteiger partial charge < -0.3 is 10.4 Å². The molecular weight excluding hydrogens is 160 g/mol. The molecule has 0 aromatic rings. The molecule has 0 spiro atoms.